The lowest BCUT2D eigenvalue weighted by molar-refractivity contribution is 0.0780. The van der Waals surface area contributed by atoms with E-state index >= 15 is 0 Å². The predicted molar refractivity (Wildman–Crippen MR) is 146 cm³/mol. The first kappa shape index (κ1) is 30.7. The van der Waals surface area contributed by atoms with Gasteiger partial charge in [-0.25, -0.2) is 0 Å². The summed E-state index contributed by atoms with van der Waals surface area (Å²) >= 11 is 0. The second-order valence-corrected chi connectivity index (χ2v) is 8.24. The number of hydrogen-bond acceptors (Lipinski definition) is 5. The van der Waals surface area contributed by atoms with Crippen molar-refractivity contribution >= 4 is 43.1 Å². The molecule has 1 amide bonds. The number of likely N-dealkylation sites (N-methyl/N-ethyl adjacent to an activating group) is 1. The SMILES string of the molecule is CN1CCc2ccc(OCCCN(CCc3cccnc3)Cc3ccncc3)cc2C1=O.Cl.Cl.Cl. The minimum atomic E-state index is 0. The third-order valence-electron chi connectivity index (χ3n) is 5.86. The summed E-state index contributed by atoms with van der Waals surface area (Å²) in [6, 6.07) is 14.1. The third kappa shape index (κ3) is 8.97. The fourth-order valence-corrected chi connectivity index (χ4v) is 3.99. The molecule has 9 heteroatoms. The van der Waals surface area contributed by atoms with E-state index in [1.807, 2.05) is 56.1 Å². The summed E-state index contributed by atoms with van der Waals surface area (Å²) in [4.78, 5) is 25.0. The van der Waals surface area contributed by atoms with Crippen molar-refractivity contribution in [3.05, 3.63) is 89.5 Å². The number of benzene rings is 1. The summed E-state index contributed by atoms with van der Waals surface area (Å²) in [6.07, 6.45) is 10.2. The Hall–Kier alpha value is -2.38. The summed E-state index contributed by atoms with van der Waals surface area (Å²) in [5.74, 6) is 0.846. The summed E-state index contributed by atoms with van der Waals surface area (Å²) in [7, 11) is 1.85. The van der Waals surface area contributed by atoms with Crippen molar-refractivity contribution in [2.75, 3.05) is 33.3 Å². The van der Waals surface area contributed by atoms with E-state index in [-0.39, 0.29) is 43.1 Å². The largest absolute Gasteiger partial charge is 0.494 e. The van der Waals surface area contributed by atoms with Crippen LogP contribution in [-0.2, 0) is 19.4 Å². The van der Waals surface area contributed by atoms with Crippen LogP contribution in [0.4, 0.5) is 0 Å². The first-order valence-corrected chi connectivity index (χ1v) is 11.2. The van der Waals surface area contributed by atoms with Crippen molar-refractivity contribution in [3.63, 3.8) is 0 Å². The molecule has 0 saturated heterocycles. The standard InChI is InChI=1S/C26H30N4O2.3ClH/c1-29-15-10-23-5-6-24(18-25(23)26(29)31)32-17-3-14-30(20-22-7-12-27-13-8-22)16-9-21-4-2-11-28-19-21;;;/h2,4-8,11-13,18-19H,3,9-10,14-17,20H2,1H3;3*1H. The molecule has 3 heterocycles. The molecule has 0 bridgehead atoms. The lowest BCUT2D eigenvalue weighted by Crippen LogP contribution is -2.34. The van der Waals surface area contributed by atoms with Crippen molar-refractivity contribution in [1.29, 1.82) is 0 Å². The fourth-order valence-electron chi connectivity index (χ4n) is 3.99. The van der Waals surface area contributed by atoms with Gasteiger partial charge in [0, 0.05) is 63.6 Å². The molecule has 35 heavy (non-hydrogen) atoms. The molecule has 0 N–H and O–H groups in total. The van der Waals surface area contributed by atoms with E-state index in [0.717, 1.165) is 62.3 Å². The number of aromatic nitrogens is 2. The predicted octanol–water partition coefficient (Wildman–Crippen LogP) is 4.88. The van der Waals surface area contributed by atoms with Gasteiger partial charge in [-0.15, -0.1) is 37.2 Å². The van der Waals surface area contributed by atoms with Gasteiger partial charge in [0.2, 0.25) is 0 Å². The molecule has 0 spiro atoms. The second kappa shape index (κ2) is 15.6. The summed E-state index contributed by atoms with van der Waals surface area (Å²) in [6.45, 7) is 4.15. The van der Waals surface area contributed by atoms with Crippen LogP contribution >= 0.6 is 37.2 Å². The Bertz CT molecular complexity index is 1030. The van der Waals surface area contributed by atoms with Gasteiger partial charge in [0.15, 0.2) is 0 Å². The van der Waals surface area contributed by atoms with Crippen LogP contribution in [0.25, 0.3) is 0 Å². The fraction of sp³-hybridized carbons (Fsp3) is 0.346. The smallest absolute Gasteiger partial charge is 0.254 e. The van der Waals surface area contributed by atoms with Gasteiger partial charge in [0.05, 0.1) is 6.61 Å². The van der Waals surface area contributed by atoms with Crippen molar-refractivity contribution in [1.82, 2.24) is 19.8 Å². The molecular formula is C26H33Cl3N4O2. The van der Waals surface area contributed by atoms with Crippen LogP contribution in [0.2, 0.25) is 0 Å². The molecule has 6 nitrogen and oxygen atoms in total. The molecule has 1 aliphatic heterocycles. The van der Waals surface area contributed by atoms with E-state index in [4.69, 9.17) is 4.74 Å². The number of halogens is 3. The van der Waals surface area contributed by atoms with E-state index in [2.05, 4.69) is 33.1 Å². The van der Waals surface area contributed by atoms with Crippen LogP contribution in [0, 0.1) is 0 Å². The van der Waals surface area contributed by atoms with Gasteiger partial charge in [0.25, 0.3) is 5.91 Å². The minimum absolute atomic E-state index is 0. The molecule has 0 saturated carbocycles. The third-order valence-corrected chi connectivity index (χ3v) is 5.86. The van der Waals surface area contributed by atoms with Gasteiger partial charge in [-0.05, 0) is 66.3 Å². The van der Waals surface area contributed by atoms with Crippen LogP contribution in [0.3, 0.4) is 0 Å². The first-order valence-electron chi connectivity index (χ1n) is 11.2. The Morgan fingerprint density at radius 3 is 2.51 bits per heavy atom. The highest BCUT2D eigenvalue weighted by molar-refractivity contribution is 5.97. The van der Waals surface area contributed by atoms with E-state index in [1.165, 1.54) is 11.1 Å². The zero-order valence-electron chi connectivity index (χ0n) is 19.8. The van der Waals surface area contributed by atoms with Crippen molar-refractivity contribution in [2.24, 2.45) is 0 Å². The van der Waals surface area contributed by atoms with E-state index < -0.39 is 0 Å². The second-order valence-electron chi connectivity index (χ2n) is 8.24. The molecule has 0 radical (unpaired) electrons. The Morgan fingerprint density at radius 2 is 1.77 bits per heavy atom. The highest BCUT2D eigenvalue weighted by Crippen LogP contribution is 2.23. The maximum Gasteiger partial charge on any atom is 0.254 e. The Kier molecular flexibility index (Phi) is 13.6. The highest BCUT2D eigenvalue weighted by Gasteiger charge is 2.21. The number of pyridine rings is 2. The van der Waals surface area contributed by atoms with Crippen molar-refractivity contribution in [2.45, 2.75) is 25.8 Å². The monoisotopic (exact) mass is 538 g/mol. The zero-order chi connectivity index (χ0) is 22.2. The highest BCUT2D eigenvalue weighted by atomic mass is 35.5. The summed E-state index contributed by atoms with van der Waals surface area (Å²) in [5.41, 5.74) is 4.38. The number of ether oxygens (including phenoxy) is 1. The van der Waals surface area contributed by atoms with Crippen LogP contribution in [-0.4, -0.2) is 59.0 Å². The Morgan fingerprint density at radius 1 is 0.971 bits per heavy atom. The quantitative estimate of drug-likeness (QED) is 0.344. The molecule has 0 unspecified atom stereocenters. The number of carbonyl (C=O) groups excluding carboxylic acids is 1. The van der Waals surface area contributed by atoms with Gasteiger partial charge < -0.3 is 9.64 Å². The number of nitrogens with zero attached hydrogens (tertiary/aromatic N) is 4. The van der Waals surface area contributed by atoms with Gasteiger partial charge in [-0.1, -0.05) is 12.1 Å². The molecule has 4 rings (SSSR count). The first-order chi connectivity index (χ1) is 15.7. The van der Waals surface area contributed by atoms with Gasteiger partial charge >= 0.3 is 0 Å². The van der Waals surface area contributed by atoms with Crippen LogP contribution in [0.15, 0.2) is 67.3 Å². The van der Waals surface area contributed by atoms with E-state index in [9.17, 15) is 4.79 Å². The number of amides is 1. The Balaban J connectivity index is 0.00000204. The van der Waals surface area contributed by atoms with Gasteiger partial charge in [-0.2, -0.15) is 0 Å². The maximum atomic E-state index is 12.4. The van der Waals surface area contributed by atoms with E-state index in [1.54, 1.807) is 4.90 Å². The van der Waals surface area contributed by atoms with Gasteiger partial charge in [0.1, 0.15) is 5.75 Å². The average molecular weight is 540 g/mol. The average Bonchev–Trinajstić information content (AvgIpc) is 2.84. The lowest BCUT2D eigenvalue weighted by atomic mass is 9.99. The molecule has 1 aromatic carbocycles. The van der Waals surface area contributed by atoms with Crippen LogP contribution < -0.4 is 4.74 Å². The van der Waals surface area contributed by atoms with Crippen LogP contribution in [0.1, 0.15) is 33.5 Å². The van der Waals surface area contributed by atoms with Crippen molar-refractivity contribution < 1.29 is 9.53 Å². The molecule has 2 aromatic heterocycles. The normalized spacial score (nSPS) is 12.2. The number of fused-ring (bicyclic) bond motifs is 1. The van der Waals surface area contributed by atoms with Crippen molar-refractivity contribution in [3.8, 4) is 5.75 Å². The molecular weight excluding hydrogens is 507 g/mol. The number of hydrogen-bond donors (Lipinski definition) is 0. The Labute approximate surface area is 226 Å². The lowest BCUT2D eigenvalue weighted by Gasteiger charge is -2.25. The summed E-state index contributed by atoms with van der Waals surface area (Å²) in [5, 5.41) is 0. The van der Waals surface area contributed by atoms with Gasteiger partial charge in [-0.3, -0.25) is 19.7 Å². The molecule has 0 aliphatic carbocycles. The number of carbonyl (C=O) groups is 1. The zero-order valence-corrected chi connectivity index (χ0v) is 22.3. The topological polar surface area (TPSA) is 58.6 Å². The summed E-state index contributed by atoms with van der Waals surface area (Å²) < 4.78 is 6.00. The molecule has 0 atom stereocenters. The van der Waals surface area contributed by atoms with Crippen LogP contribution in [0.5, 0.6) is 5.75 Å². The molecule has 0 fully saturated rings. The molecule has 190 valence electrons. The minimum Gasteiger partial charge on any atom is -0.494 e. The number of rotatable bonds is 10. The maximum absolute atomic E-state index is 12.4. The molecule has 1 aliphatic rings. The van der Waals surface area contributed by atoms with E-state index in [0.29, 0.717) is 6.61 Å². The molecule has 3 aromatic rings.